The van der Waals surface area contributed by atoms with Crippen LogP contribution in [-0.4, -0.2) is 214 Å². The number of ether oxygens (including phenoxy) is 6. The first-order valence-corrected chi connectivity index (χ1v) is 17.7. The first-order chi connectivity index (χ1) is 25.1. The lowest BCUT2D eigenvalue weighted by Gasteiger charge is -2.46. The van der Waals surface area contributed by atoms with Crippen molar-refractivity contribution in [2.24, 2.45) is 28.7 Å². The van der Waals surface area contributed by atoms with Crippen molar-refractivity contribution in [2.45, 2.75) is 142 Å². The van der Waals surface area contributed by atoms with Crippen molar-refractivity contribution >= 4 is 5.91 Å². The van der Waals surface area contributed by atoms with Crippen molar-refractivity contribution in [3.8, 4) is 0 Å². The molecule has 21 N–H and O–H groups in total. The third-order valence-electron chi connectivity index (χ3n) is 10.0. The lowest BCUT2D eigenvalue weighted by atomic mass is 9.83. The highest BCUT2D eigenvalue weighted by atomic mass is 16.8. The van der Waals surface area contributed by atoms with Crippen molar-refractivity contribution in [1.29, 1.82) is 0 Å². The van der Waals surface area contributed by atoms with Crippen molar-refractivity contribution in [2.75, 3.05) is 39.4 Å². The number of amides is 1. The van der Waals surface area contributed by atoms with Crippen molar-refractivity contribution in [1.82, 2.24) is 10.6 Å². The fourth-order valence-corrected chi connectivity index (χ4v) is 6.78. The van der Waals surface area contributed by atoms with E-state index >= 15 is 0 Å². The molecule has 3 saturated heterocycles. The smallest absolute Gasteiger partial charge is 0.251 e. The van der Waals surface area contributed by atoms with Crippen molar-refractivity contribution in [3.63, 3.8) is 0 Å². The van der Waals surface area contributed by atoms with E-state index in [1.165, 1.54) is 0 Å². The lowest BCUT2D eigenvalue weighted by Crippen LogP contribution is -2.67. The van der Waals surface area contributed by atoms with Gasteiger partial charge < -0.3 is 114 Å². The SMILES string of the molecule is NC[C@@H](O)C(O)C(=O)N[C@@H]1C[C@H](N)[C@@H](O[C@H]2O[C@H](CNCC(O)CO)CC[C@H]2N)[C@H](O[C@@H]2O[C@H](CO)[C@@H](O[C@H]3O[C@@H](CN)[C@@H](O)[C@H](O)[C@H]3N)[C@H]2O)[C@H]1O. The van der Waals surface area contributed by atoms with Crippen LogP contribution in [0.4, 0.5) is 0 Å². The van der Waals surface area contributed by atoms with Gasteiger partial charge in [0.15, 0.2) is 25.0 Å². The zero-order valence-electron chi connectivity index (χ0n) is 29.2. The third-order valence-corrected chi connectivity index (χ3v) is 10.0. The molecule has 4 fully saturated rings. The Morgan fingerprint density at radius 1 is 0.774 bits per heavy atom. The molecule has 0 aromatic rings. The summed E-state index contributed by atoms with van der Waals surface area (Å²) in [6.07, 6.45) is -21.1. The van der Waals surface area contributed by atoms with Crippen LogP contribution >= 0.6 is 0 Å². The van der Waals surface area contributed by atoms with E-state index in [0.717, 1.165) is 0 Å². The van der Waals surface area contributed by atoms with Crippen LogP contribution in [0.25, 0.3) is 0 Å². The van der Waals surface area contributed by atoms with Crippen molar-refractivity contribution in [3.05, 3.63) is 0 Å². The number of rotatable bonds is 17. The molecule has 310 valence electrons. The maximum Gasteiger partial charge on any atom is 0.251 e. The predicted octanol–water partition coefficient (Wildman–Crippen LogP) is -10.0. The average molecular weight is 774 g/mol. The minimum absolute atomic E-state index is 0.103. The third kappa shape index (κ3) is 10.7. The molecule has 2 unspecified atom stereocenters. The standard InChI is InChI=1S/C30H59N7O16/c31-4-15(41)20(43)27(47)37-14-3-13(34)24(51-28-12(33)2-1-11(48-28)7-36-6-10(40)8-38)26(19(14)42)53-30-23(46)25(17(9-39)50-30)52-29-18(35)22(45)21(44)16(5-32)49-29/h10-26,28-30,36,38-46H,1-9,31-35H2,(H,37,47)/t10?,11-,12+,13-,14+,15+,16-,17+,18+,19-,20?,21+,22+,23+,24+,25+,26+,28+,29+,30-/m0/s1. The van der Waals surface area contributed by atoms with E-state index in [-0.39, 0.29) is 26.1 Å². The number of hydrogen-bond acceptors (Lipinski definition) is 22. The number of hydrogen-bond donors (Lipinski definition) is 16. The number of aliphatic hydroxyl groups excluding tert-OH is 9. The first-order valence-electron chi connectivity index (χ1n) is 17.7. The molecule has 4 aliphatic rings. The summed E-state index contributed by atoms with van der Waals surface area (Å²) in [7, 11) is 0. The maximum absolute atomic E-state index is 12.8. The Morgan fingerprint density at radius 2 is 1.43 bits per heavy atom. The summed E-state index contributed by atoms with van der Waals surface area (Å²) in [5.41, 5.74) is 30.0. The molecule has 1 amide bonds. The number of nitrogens with two attached hydrogens (primary N) is 5. The second-order valence-corrected chi connectivity index (χ2v) is 14.0. The molecule has 3 aliphatic heterocycles. The molecule has 23 nitrogen and oxygen atoms in total. The molecule has 1 aliphatic carbocycles. The Balaban J connectivity index is 1.54. The number of nitrogens with one attached hydrogen (secondary N) is 2. The van der Waals surface area contributed by atoms with Gasteiger partial charge in [-0.05, 0) is 19.3 Å². The monoisotopic (exact) mass is 773 g/mol. The van der Waals surface area contributed by atoms with Gasteiger partial charge in [0.1, 0.15) is 61.0 Å². The van der Waals surface area contributed by atoms with Crippen LogP contribution in [0.3, 0.4) is 0 Å². The predicted molar refractivity (Wildman–Crippen MR) is 178 cm³/mol. The molecule has 0 aromatic heterocycles. The Hall–Kier alpha value is -1.37. The highest BCUT2D eigenvalue weighted by Gasteiger charge is 2.54. The fraction of sp³-hybridized carbons (Fsp3) is 0.967. The van der Waals surface area contributed by atoms with Gasteiger partial charge in [0, 0.05) is 32.2 Å². The normalized spacial score (nSPS) is 44.0. The summed E-state index contributed by atoms with van der Waals surface area (Å²) >= 11 is 0. The number of aliphatic hydroxyl groups is 9. The van der Waals surface area contributed by atoms with E-state index in [1.54, 1.807) is 0 Å². The van der Waals surface area contributed by atoms with Crippen LogP contribution in [-0.2, 0) is 33.2 Å². The van der Waals surface area contributed by atoms with Gasteiger partial charge >= 0.3 is 0 Å². The van der Waals surface area contributed by atoms with E-state index in [0.29, 0.717) is 12.8 Å². The Morgan fingerprint density at radius 3 is 2.08 bits per heavy atom. The molecule has 53 heavy (non-hydrogen) atoms. The molecular formula is C30H59N7O16. The molecule has 3 heterocycles. The molecular weight excluding hydrogens is 714 g/mol. The van der Waals surface area contributed by atoms with E-state index in [9.17, 15) is 45.6 Å². The van der Waals surface area contributed by atoms with E-state index in [2.05, 4.69) is 10.6 Å². The molecule has 0 bridgehead atoms. The molecule has 0 aromatic carbocycles. The zero-order chi connectivity index (χ0) is 39.1. The second-order valence-electron chi connectivity index (χ2n) is 14.0. The van der Waals surface area contributed by atoms with Gasteiger partial charge in [0.2, 0.25) is 0 Å². The molecule has 0 radical (unpaired) electrons. The molecule has 4 rings (SSSR count). The Bertz CT molecular complexity index is 1120. The van der Waals surface area contributed by atoms with E-state index in [4.69, 9.17) is 62.2 Å². The number of carbonyl (C=O) groups excluding carboxylic acids is 1. The lowest BCUT2D eigenvalue weighted by molar-refractivity contribution is -0.290. The summed E-state index contributed by atoms with van der Waals surface area (Å²) < 4.78 is 35.7. The molecule has 1 saturated carbocycles. The molecule has 20 atom stereocenters. The van der Waals surface area contributed by atoms with Crippen molar-refractivity contribution < 1.29 is 79.2 Å². The summed E-state index contributed by atoms with van der Waals surface area (Å²) in [4.78, 5) is 12.8. The van der Waals surface area contributed by atoms with Gasteiger partial charge in [-0.2, -0.15) is 0 Å². The van der Waals surface area contributed by atoms with Crippen LogP contribution in [0, 0.1) is 0 Å². The Labute approximate surface area is 305 Å². The van der Waals surface area contributed by atoms with Crippen LogP contribution in [0.15, 0.2) is 0 Å². The largest absolute Gasteiger partial charge is 0.394 e. The number of carbonyl (C=O) groups is 1. The van der Waals surface area contributed by atoms with Gasteiger partial charge in [-0.1, -0.05) is 0 Å². The minimum Gasteiger partial charge on any atom is -0.394 e. The van der Waals surface area contributed by atoms with E-state index in [1.807, 2.05) is 0 Å². The van der Waals surface area contributed by atoms with Crippen LogP contribution in [0.2, 0.25) is 0 Å². The van der Waals surface area contributed by atoms with Gasteiger partial charge in [-0.3, -0.25) is 4.79 Å². The highest BCUT2D eigenvalue weighted by molar-refractivity contribution is 5.81. The van der Waals surface area contributed by atoms with Crippen LogP contribution in [0.5, 0.6) is 0 Å². The maximum atomic E-state index is 12.8. The topological polar surface area (TPSA) is 409 Å². The zero-order valence-corrected chi connectivity index (χ0v) is 29.2. The van der Waals surface area contributed by atoms with Crippen LogP contribution in [0.1, 0.15) is 19.3 Å². The molecule has 0 spiro atoms. The summed E-state index contributed by atoms with van der Waals surface area (Å²) in [5, 5.41) is 98.1. The van der Waals surface area contributed by atoms with E-state index < -0.39 is 148 Å². The second kappa shape index (κ2) is 20.2. The average Bonchev–Trinajstić information content (AvgIpc) is 3.44. The molecule has 23 heteroatoms. The Kier molecular flexibility index (Phi) is 16.9. The first kappa shape index (κ1) is 44.3. The minimum atomic E-state index is -1.94. The quantitative estimate of drug-likeness (QED) is 0.0652. The highest BCUT2D eigenvalue weighted by Crippen LogP contribution is 2.34. The summed E-state index contributed by atoms with van der Waals surface area (Å²) in [6.45, 7) is -1.40. The van der Waals surface area contributed by atoms with Gasteiger partial charge in [-0.15, -0.1) is 0 Å². The van der Waals surface area contributed by atoms with Crippen LogP contribution < -0.4 is 39.3 Å². The van der Waals surface area contributed by atoms with Gasteiger partial charge in [-0.25, -0.2) is 0 Å². The van der Waals surface area contributed by atoms with Gasteiger partial charge in [0.05, 0.1) is 43.5 Å². The summed E-state index contributed by atoms with van der Waals surface area (Å²) in [5.74, 6) is -1.06. The van der Waals surface area contributed by atoms with Gasteiger partial charge in [0.25, 0.3) is 5.91 Å². The summed E-state index contributed by atoms with van der Waals surface area (Å²) in [6, 6.07) is -4.19. The fourth-order valence-electron chi connectivity index (χ4n) is 6.78.